The lowest BCUT2D eigenvalue weighted by Crippen LogP contribution is -2.42. The summed E-state index contributed by atoms with van der Waals surface area (Å²) in [7, 11) is 5.06. The molecule has 6 heteroatoms. The average Bonchev–Trinajstić information content (AvgIpc) is 2.74. The van der Waals surface area contributed by atoms with Crippen molar-refractivity contribution in [2.75, 3.05) is 14.2 Å². The minimum Gasteiger partial charge on any atom is -0.493 e. The van der Waals surface area contributed by atoms with Crippen LogP contribution in [-0.2, 0) is 20.0 Å². The Morgan fingerprint density at radius 3 is 2.16 bits per heavy atom. The van der Waals surface area contributed by atoms with Crippen molar-refractivity contribution in [3.63, 3.8) is 0 Å². The topological polar surface area (TPSA) is 57.8 Å². The van der Waals surface area contributed by atoms with Gasteiger partial charge in [-0.2, -0.15) is 0 Å². The van der Waals surface area contributed by atoms with Crippen LogP contribution < -0.4 is 20.7 Å². The van der Waals surface area contributed by atoms with Crippen molar-refractivity contribution in [2.45, 2.75) is 40.7 Å². The number of rotatable bonds is 3. The smallest absolute Gasteiger partial charge is 0.329 e. The van der Waals surface area contributed by atoms with E-state index in [1.165, 1.54) is 5.56 Å². The Labute approximate surface area is 182 Å². The molecule has 1 aliphatic rings. The van der Waals surface area contributed by atoms with Crippen molar-refractivity contribution in [1.82, 2.24) is 9.13 Å². The number of aryl methyl sites for hydroxylation is 4. The van der Waals surface area contributed by atoms with E-state index >= 15 is 0 Å². The second kappa shape index (κ2) is 7.76. The van der Waals surface area contributed by atoms with E-state index < -0.39 is 0 Å². The molecule has 2 heterocycles. The first-order chi connectivity index (χ1) is 14.8. The first kappa shape index (κ1) is 21.0. The molecule has 0 bridgehead atoms. The van der Waals surface area contributed by atoms with E-state index in [0.29, 0.717) is 23.5 Å². The largest absolute Gasteiger partial charge is 0.493 e. The van der Waals surface area contributed by atoms with Gasteiger partial charge < -0.3 is 9.47 Å². The Balaban J connectivity index is 2.07. The number of benzene rings is 2. The van der Waals surface area contributed by atoms with E-state index in [4.69, 9.17) is 14.5 Å². The Bertz CT molecular complexity index is 1310. The normalized spacial score (nSPS) is 13.1. The molecular weight excluding hydrogens is 390 g/mol. The van der Waals surface area contributed by atoms with Gasteiger partial charge in [-0.1, -0.05) is 17.7 Å². The van der Waals surface area contributed by atoms with Crippen molar-refractivity contribution in [3.8, 4) is 22.8 Å². The molecule has 2 aromatic carbocycles. The molecule has 4 rings (SSSR count). The van der Waals surface area contributed by atoms with Gasteiger partial charge in [-0.15, -0.1) is 0 Å². The summed E-state index contributed by atoms with van der Waals surface area (Å²) in [5, 5.41) is 0. The summed E-state index contributed by atoms with van der Waals surface area (Å²) in [5.41, 5.74) is 8.92. The van der Waals surface area contributed by atoms with Gasteiger partial charge >= 0.3 is 5.69 Å². The van der Waals surface area contributed by atoms with Gasteiger partial charge in [0.2, 0.25) is 0 Å². The Kier molecular flexibility index (Phi) is 5.25. The summed E-state index contributed by atoms with van der Waals surface area (Å²) in [4.78, 5) is 18.3. The van der Waals surface area contributed by atoms with Crippen molar-refractivity contribution < 1.29 is 9.47 Å². The fourth-order valence-corrected chi connectivity index (χ4v) is 4.68. The van der Waals surface area contributed by atoms with Crippen LogP contribution in [0.4, 0.5) is 5.69 Å². The molecule has 0 amide bonds. The molecule has 0 spiro atoms. The SMILES string of the molecule is COc1cc2c(cc1OC)-c1c(C)c(=Nc3c(C)cc(C)cc3C)n(C)c(=O)n1CC2. The molecule has 162 valence electrons. The van der Waals surface area contributed by atoms with Crippen LogP contribution in [0.25, 0.3) is 11.3 Å². The number of methoxy groups -OCH3 is 2. The van der Waals surface area contributed by atoms with Crippen LogP contribution in [0.5, 0.6) is 11.5 Å². The highest BCUT2D eigenvalue weighted by Crippen LogP contribution is 2.38. The van der Waals surface area contributed by atoms with Crippen molar-refractivity contribution in [2.24, 2.45) is 12.0 Å². The minimum absolute atomic E-state index is 0.0674. The lowest BCUT2D eigenvalue weighted by Gasteiger charge is -2.26. The van der Waals surface area contributed by atoms with Crippen molar-refractivity contribution in [1.29, 1.82) is 0 Å². The lowest BCUT2D eigenvalue weighted by atomic mass is 9.94. The van der Waals surface area contributed by atoms with Gasteiger partial charge in [-0.3, -0.25) is 9.13 Å². The molecule has 0 saturated carbocycles. The number of nitrogens with zero attached hydrogens (tertiary/aromatic N) is 3. The molecule has 1 aromatic heterocycles. The van der Waals surface area contributed by atoms with Gasteiger partial charge in [-0.25, -0.2) is 9.79 Å². The highest BCUT2D eigenvalue weighted by atomic mass is 16.5. The summed E-state index contributed by atoms with van der Waals surface area (Å²) in [6, 6.07) is 8.23. The van der Waals surface area contributed by atoms with Gasteiger partial charge in [0.15, 0.2) is 11.5 Å². The lowest BCUT2D eigenvalue weighted by molar-refractivity contribution is 0.354. The fraction of sp³-hybridized carbons (Fsp3) is 0.360. The summed E-state index contributed by atoms with van der Waals surface area (Å²) in [5.74, 6) is 1.35. The maximum absolute atomic E-state index is 13.3. The zero-order valence-electron chi connectivity index (χ0n) is 19.3. The number of hydrogen-bond donors (Lipinski definition) is 0. The third kappa shape index (κ3) is 3.36. The maximum Gasteiger partial charge on any atom is 0.329 e. The highest BCUT2D eigenvalue weighted by Gasteiger charge is 2.24. The molecular formula is C25H29N3O3. The van der Waals surface area contributed by atoms with E-state index in [-0.39, 0.29) is 5.69 Å². The predicted octanol–water partition coefficient (Wildman–Crippen LogP) is 3.89. The molecule has 31 heavy (non-hydrogen) atoms. The maximum atomic E-state index is 13.3. The van der Waals surface area contributed by atoms with Gasteiger partial charge in [0.05, 0.1) is 25.6 Å². The molecule has 0 radical (unpaired) electrons. The molecule has 6 nitrogen and oxygen atoms in total. The predicted molar refractivity (Wildman–Crippen MR) is 123 cm³/mol. The molecule has 3 aromatic rings. The third-order valence-electron chi connectivity index (χ3n) is 6.12. The van der Waals surface area contributed by atoms with E-state index in [2.05, 4.69) is 32.9 Å². The monoisotopic (exact) mass is 419 g/mol. The number of fused-ring (bicyclic) bond motifs is 3. The zero-order valence-corrected chi connectivity index (χ0v) is 19.3. The first-order valence-electron chi connectivity index (χ1n) is 10.4. The molecule has 0 fully saturated rings. The van der Waals surface area contributed by atoms with Crippen LogP contribution in [0.3, 0.4) is 0 Å². The van der Waals surface area contributed by atoms with E-state index in [1.54, 1.807) is 25.8 Å². The summed E-state index contributed by atoms with van der Waals surface area (Å²) in [6.07, 6.45) is 0.759. The number of ether oxygens (including phenoxy) is 2. The van der Waals surface area contributed by atoms with Crippen LogP contribution >= 0.6 is 0 Å². The van der Waals surface area contributed by atoms with Crippen LogP contribution in [0.2, 0.25) is 0 Å². The average molecular weight is 420 g/mol. The first-order valence-corrected chi connectivity index (χ1v) is 10.4. The molecule has 1 aliphatic heterocycles. The van der Waals surface area contributed by atoms with Crippen molar-refractivity contribution >= 4 is 5.69 Å². The third-order valence-corrected chi connectivity index (χ3v) is 6.12. The molecule has 0 saturated heterocycles. The van der Waals surface area contributed by atoms with Crippen LogP contribution in [-0.4, -0.2) is 23.4 Å². The van der Waals surface area contributed by atoms with Gasteiger partial charge in [-0.05, 0) is 62.9 Å². The van der Waals surface area contributed by atoms with Gasteiger partial charge in [0.1, 0.15) is 5.49 Å². The summed E-state index contributed by atoms with van der Waals surface area (Å²) >= 11 is 0. The fourth-order valence-electron chi connectivity index (χ4n) is 4.68. The highest BCUT2D eigenvalue weighted by molar-refractivity contribution is 5.72. The second-order valence-electron chi connectivity index (χ2n) is 8.26. The zero-order chi connectivity index (χ0) is 22.4. The molecule has 0 N–H and O–H groups in total. The number of aromatic nitrogens is 2. The molecule has 0 unspecified atom stereocenters. The quantitative estimate of drug-likeness (QED) is 0.647. The van der Waals surface area contributed by atoms with Crippen molar-refractivity contribution in [3.05, 3.63) is 68.1 Å². The number of hydrogen-bond acceptors (Lipinski definition) is 4. The van der Waals surface area contributed by atoms with Crippen LogP contribution in [0, 0.1) is 27.7 Å². The van der Waals surface area contributed by atoms with E-state index in [0.717, 1.165) is 45.6 Å². The minimum atomic E-state index is -0.0674. The molecule has 0 aliphatic carbocycles. The van der Waals surface area contributed by atoms with Crippen LogP contribution in [0.1, 0.15) is 27.8 Å². The summed E-state index contributed by atoms with van der Waals surface area (Å²) < 4.78 is 14.5. The van der Waals surface area contributed by atoms with Crippen LogP contribution in [0.15, 0.2) is 34.1 Å². The second-order valence-corrected chi connectivity index (χ2v) is 8.26. The van der Waals surface area contributed by atoms with E-state index in [1.807, 2.05) is 23.6 Å². The molecule has 0 atom stereocenters. The van der Waals surface area contributed by atoms with Gasteiger partial charge in [0, 0.05) is 24.7 Å². The Morgan fingerprint density at radius 1 is 0.935 bits per heavy atom. The summed E-state index contributed by atoms with van der Waals surface area (Å²) in [6.45, 7) is 8.86. The Morgan fingerprint density at radius 2 is 1.55 bits per heavy atom. The van der Waals surface area contributed by atoms with E-state index in [9.17, 15) is 4.79 Å². The van der Waals surface area contributed by atoms with Gasteiger partial charge in [0.25, 0.3) is 0 Å². The Hall–Kier alpha value is -3.28. The standard InChI is InChI=1S/C25H29N3O3/c1-14-10-15(2)22(16(3)11-14)26-24-17(4)23-19-13-21(31-7)20(30-6)12-18(19)8-9-28(23)25(29)27(24)5/h10-13H,8-9H2,1-7H3.